The van der Waals surface area contributed by atoms with E-state index in [0.29, 0.717) is 22.2 Å². The van der Waals surface area contributed by atoms with Gasteiger partial charge in [0.15, 0.2) is 11.5 Å². The second-order valence-electron chi connectivity index (χ2n) is 6.05. The molecular formula is C21H16N4O3. The number of nitrogens with one attached hydrogen (secondary N) is 1. The molecule has 0 aliphatic carbocycles. The Hall–Kier alpha value is -4.13. The Bertz CT molecular complexity index is 1230. The first kappa shape index (κ1) is 17.3. The van der Waals surface area contributed by atoms with Crippen LogP contribution in [0.4, 0.5) is 5.95 Å². The predicted molar refractivity (Wildman–Crippen MR) is 108 cm³/mol. The van der Waals surface area contributed by atoms with Gasteiger partial charge in [0.25, 0.3) is 5.56 Å². The van der Waals surface area contributed by atoms with Crippen molar-refractivity contribution in [2.75, 3.05) is 5.43 Å². The van der Waals surface area contributed by atoms with Gasteiger partial charge in [-0.1, -0.05) is 30.3 Å². The molecular weight excluding hydrogens is 356 g/mol. The zero-order chi connectivity index (χ0) is 19.5. The molecule has 0 saturated heterocycles. The van der Waals surface area contributed by atoms with Crippen LogP contribution in [0, 0.1) is 0 Å². The molecule has 0 atom stereocenters. The summed E-state index contributed by atoms with van der Waals surface area (Å²) in [6.07, 6.45) is 1.45. The Morgan fingerprint density at radius 3 is 2.46 bits per heavy atom. The van der Waals surface area contributed by atoms with Gasteiger partial charge in [-0.05, 0) is 48.0 Å². The molecule has 28 heavy (non-hydrogen) atoms. The molecule has 0 saturated carbocycles. The van der Waals surface area contributed by atoms with E-state index in [1.165, 1.54) is 22.9 Å². The van der Waals surface area contributed by atoms with E-state index in [-0.39, 0.29) is 23.0 Å². The quantitative estimate of drug-likeness (QED) is 0.290. The summed E-state index contributed by atoms with van der Waals surface area (Å²) in [5.41, 5.74) is 4.37. The third-order valence-electron chi connectivity index (χ3n) is 4.17. The highest BCUT2D eigenvalue weighted by Gasteiger charge is 2.12. The van der Waals surface area contributed by atoms with E-state index in [1.54, 1.807) is 24.3 Å². The molecule has 0 amide bonds. The van der Waals surface area contributed by atoms with E-state index < -0.39 is 0 Å². The summed E-state index contributed by atoms with van der Waals surface area (Å²) in [5, 5.41) is 23.6. The maximum Gasteiger partial charge on any atom is 0.267 e. The minimum atomic E-state index is -0.242. The van der Waals surface area contributed by atoms with Gasteiger partial charge in [0.05, 0.1) is 22.8 Å². The van der Waals surface area contributed by atoms with Crippen LogP contribution in [0.15, 0.2) is 82.7 Å². The smallest absolute Gasteiger partial charge is 0.267 e. The van der Waals surface area contributed by atoms with Crippen molar-refractivity contribution in [2.24, 2.45) is 5.10 Å². The van der Waals surface area contributed by atoms with E-state index in [0.717, 1.165) is 0 Å². The number of phenols is 2. The van der Waals surface area contributed by atoms with Gasteiger partial charge in [-0.2, -0.15) is 5.10 Å². The SMILES string of the molecule is O=c1c2ccccc2nc(N/N=C/c2ccc(O)c(O)c2)n1-c1ccccc1. The van der Waals surface area contributed by atoms with Gasteiger partial charge in [0.1, 0.15) is 0 Å². The predicted octanol–water partition coefficient (Wildman–Crippen LogP) is 3.24. The minimum Gasteiger partial charge on any atom is -0.504 e. The fourth-order valence-electron chi connectivity index (χ4n) is 2.81. The summed E-state index contributed by atoms with van der Waals surface area (Å²) < 4.78 is 1.45. The highest BCUT2D eigenvalue weighted by molar-refractivity contribution is 5.82. The Balaban J connectivity index is 1.78. The average molecular weight is 372 g/mol. The fraction of sp³-hybridized carbons (Fsp3) is 0. The van der Waals surface area contributed by atoms with Gasteiger partial charge in [-0.15, -0.1) is 0 Å². The molecule has 0 bridgehead atoms. The molecule has 7 nitrogen and oxygen atoms in total. The molecule has 4 rings (SSSR count). The lowest BCUT2D eigenvalue weighted by molar-refractivity contribution is 0.403. The molecule has 3 aromatic carbocycles. The van der Waals surface area contributed by atoms with Gasteiger partial charge in [0.2, 0.25) is 5.95 Å². The number of nitrogens with zero attached hydrogens (tertiary/aromatic N) is 3. The van der Waals surface area contributed by atoms with Crippen molar-refractivity contribution in [3.05, 3.63) is 88.7 Å². The van der Waals surface area contributed by atoms with Gasteiger partial charge in [-0.25, -0.2) is 15.0 Å². The van der Waals surface area contributed by atoms with Crippen LogP contribution in [0.3, 0.4) is 0 Å². The summed E-state index contributed by atoms with van der Waals surface area (Å²) in [4.78, 5) is 17.6. The van der Waals surface area contributed by atoms with Crippen LogP contribution in [-0.4, -0.2) is 26.0 Å². The number of hydrazone groups is 1. The van der Waals surface area contributed by atoms with E-state index >= 15 is 0 Å². The van der Waals surface area contributed by atoms with Gasteiger partial charge in [0, 0.05) is 0 Å². The van der Waals surface area contributed by atoms with Crippen molar-refractivity contribution in [2.45, 2.75) is 0 Å². The van der Waals surface area contributed by atoms with Crippen molar-refractivity contribution in [3.8, 4) is 17.2 Å². The van der Waals surface area contributed by atoms with Crippen molar-refractivity contribution in [3.63, 3.8) is 0 Å². The van der Waals surface area contributed by atoms with Crippen LogP contribution in [0.25, 0.3) is 16.6 Å². The Kier molecular flexibility index (Phi) is 4.47. The Morgan fingerprint density at radius 1 is 0.929 bits per heavy atom. The van der Waals surface area contributed by atoms with E-state index in [2.05, 4.69) is 15.5 Å². The topological polar surface area (TPSA) is 99.7 Å². The third kappa shape index (κ3) is 3.28. The molecule has 1 aromatic heterocycles. The second-order valence-corrected chi connectivity index (χ2v) is 6.05. The van der Waals surface area contributed by atoms with Gasteiger partial charge in [-0.3, -0.25) is 4.79 Å². The molecule has 1 heterocycles. The molecule has 0 unspecified atom stereocenters. The van der Waals surface area contributed by atoms with Crippen molar-refractivity contribution in [1.29, 1.82) is 0 Å². The first-order valence-corrected chi connectivity index (χ1v) is 8.52. The van der Waals surface area contributed by atoms with E-state index in [4.69, 9.17) is 0 Å². The van der Waals surface area contributed by atoms with Crippen LogP contribution in [0.2, 0.25) is 0 Å². The number of fused-ring (bicyclic) bond motifs is 1. The van der Waals surface area contributed by atoms with Crippen LogP contribution in [-0.2, 0) is 0 Å². The third-order valence-corrected chi connectivity index (χ3v) is 4.17. The molecule has 138 valence electrons. The molecule has 3 N–H and O–H groups in total. The average Bonchev–Trinajstić information content (AvgIpc) is 2.71. The van der Waals surface area contributed by atoms with Crippen LogP contribution in [0.5, 0.6) is 11.5 Å². The summed E-state index contributed by atoms with van der Waals surface area (Å²) in [5.74, 6) is -0.192. The number of aromatic hydroxyl groups is 2. The van der Waals surface area contributed by atoms with Gasteiger partial charge >= 0.3 is 0 Å². The first-order chi connectivity index (χ1) is 13.6. The monoisotopic (exact) mass is 372 g/mol. The lowest BCUT2D eigenvalue weighted by Gasteiger charge is -2.12. The summed E-state index contributed by atoms with van der Waals surface area (Å²) in [6, 6.07) is 20.6. The maximum atomic E-state index is 13.0. The van der Waals surface area contributed by atoms with Crippen molar-refractivity contribution in [1.82, 2.24) is 9.55 Å². The largest absolute Gasteiger partial charge is 0.504 e. The number of anilines is 1. The number of benzene rings is 3. The molecule has 4 aromatic rings. The highest BCUT2D eigenvalue weighted by Crippen LogP contribution is 2.24. The summed E-state index contributed by atoms with van der Waals surface area (Å²) >= 11 is 0. The van der Waals surface area contributed by atoms with E-state index in [1.807, 2.05) is 36.4 Å². The molecule has 0 fully saturated rings. The standard InChI is InChI=1S/C21H16N4O3/c26-18-11-10-14(12-19(18)27)13-22-24-21-23-17-9-5-4-8-16(17)20(28)25(21)15-6-2-1-3-7-15/h1-13,26-27H,(H,23,24)/b22-13+. The molecule has 0 aliphatic heterocycles. The second kappa shape index (κ2) is 7.24. The van der Waals surface area contributed by atoms with Crippen LogP contribution in [0.1, 0.15) is 5.56 Å². The molecule has 7 heteroatoms. The van der Waals surface area contributed by atoms with Crippen LogP contribution < -0.4 is 11.0 Å². The zero-order valence-electron chi connectivity index (χ0n) is 14.6. The first-order valence-electron chi connectivity index (χ1n) is 8.52. The highest BCUT2D eigenvalue weighted by atomic mass is 16.3. The minimum absolute atomic E-state index is 0.209. The van der Waals surface area contributed by atoms with Crippen molar-refractivity contribution >= 4 is 23.1 Å². The van der Waals surface area contributed by atoms with Gasteiger partial charge < -0.3 is 10.2 Å². The zero-order valence-corrected chi connectivity index (χ0v) is 14.6. The lowest BCUT2D eigenvalue weighted by atomic mass is 10.2. The number of para-hydroxylation sites is 2. The number of hydrogen-bond donors (Lipinski definition) is 3. The summed E-state index contributed by atoms with van der Waals surface area (Å²) in [6.45, 7) is 0. The number of phenolic OH excluding ortho intramolecular Hbond substituents is 2. The Morgan fingerprint density at radius 2 is 1.68 bits per heavy atom. The molecule has 0 aliphatic rings. The number of aromatic nitrogens is 2. The summed E-state index contributed by atoms with van der Waals surface area (Å²) in [7, 11) is 0. The maximum absolute atomic E-state index is 13.0. The Labute approximate surface area is 159 Å². The van der Waals surface area contributed by atoms with Crippen LogP contribution >= 0.6 is 0 Å². The van der Waals surface area contributed by atoms with E-state index in [9.17, 15) is 15.0 Å². The molecule has 0 radical (unpaired) electrons. The molecule has 0 spiro atoms. The van der Waals surface area contributed by atoms with Crippen molar-refractivity contribution < 1.29 is 10.2 Å². The normalized spacial score (nSPS) is 11.1. The fourth-order valence-corrected chi connectivity index (χ4v) is 2.81. The number of rotatable bonds is 4. The number of hydrogen-bond acceptors (Lipinski definition) is 6. The lowest BCUT2D eigenvalue weighted by Crippen LogP contribution is -2.22.